The Labute approximate surface area is 183 Å². The molecule has 0 bridgehead atoms. The van der Waals surface area contributed by atoms with Gasteiger partial charge in [0.15, 0.2) is 12.1 Å². The standard InChI is InChI=1S/C20H22Cl2N2O6/c1-4-28-11(3)30-13-8-6-12(7-9-13)14(25)10-23-19(26)17-15(21)16(22)18(24-17)20(27)29-5-2/h6-9,11,24H,4-5,10H2,1-3H3,(H,23,26). The maximum absolute atomic E-state index is 12.4. The quantitative estimate of drug-likeness (QED) is 0.319. The second-order valence-corrected chi connectivity index (χ2v) is 6.75. The van der Waals surface area contributed by atoms with Gasteiger partial charge < -0.3 is 24.5 Å². The summed E-state index contributed by atoms with van der Waals surface area (Å²) in [4.78, 5) is 39.1. The number of benzene rings is 1. The van der Waals surface area contributed by atoms with E-state index in [1.165, 1.54) is 0 Å². The lowest BCUT2D eigenvalue weighted by Gasteiger charge is -2.14. The summed E-state index contributed by atoms with van der Waals surface area (Å²) < 4.78 is 15.7. The van der Waals surface area contributed by atoms with Crippen molar-refractivity contribution >= 4 is 40.9 Å². The number of esters is 1. The number of carbonyl (C=O) groups is 3. The van der Waals surface area contributed by atoms with Gasteiger partial charge in [0.1, 0.15) is 17.1 Å². The first-order valence-electron chi connectivity index (χ1n) is 9.22. The van der Waals surface area contributed by atoms with Gasteiger partial charge in [-0.15, -0.1) is 0 Å². The Bertz CT molecular complexity index is 911. The lowest BCUT2D eigenvalue weighted by molar-refractivity contribution is -0.0613. The van der Waals surface area contributed by atoms with E-state index in [1.54, 1.807) is 38.1 Å². The molecular formula is C20H22Cl2N2O6. The van der Waals surface area contributed by atoms with Gasteiger partial charge in [-0.25, -0.2) is 4.79 Å². The van der Waals surface area contributed by atoms with Crippen LogP contribution in [0.25, 0.3) is 0 Å². The first-order valence-corrected chi connectivity index (χ1v) is 9.97. The molecule has 1 heterocycles. The zero-order chi connectivity index (χ0) is 22.3. The van der Waals surface area contributed by atoms with E-state index in [4.69, 9.17) is 37.4 Å². The number of H-pyrrole nitrogens is 1. The van der Waals surface area contributed by atoms with Gasteiger partial charge in [-0.1, -0.05) is 23.2 Å². The number of nitrogens with one attached hydrogen (secondary N) is 2. The highest BCUT2D eigenvalue weighted by Crippen LogP contribution is 2.30. The molecule has 0 aliphatic heterocycles. The van der Waals surface area contributed by atoms with E-state index in [0.717, 1.165) is 0 Å². The van der Waals surface area contributed by atoms with Crippen LogP contribution in [0.15, 0.2) is 24.3 Å². The average molecular weight is 457 g/mol. The summed E-state index contributed by atoms with van der Waals surface area (Å²) in [6.45, 7) is 5.64. The molecule has 162 valence electrons. The van der Waals surface area contributed by atoms with Crippen molar-refractivity contribution in [1.29, 1.82) is 0 Å². The molecule has 0 saturated heterocycles. The smallest absolute Gasteiger partial charge is 0.356 e. The molecule has 2 aromatic rings. The van der Waals surface area contributed by atoms with Gasteiger partial charge in [-0.3, -0.25) is 9.59 Å². The lowest BCUT2D eigenvalue weighted by Crippen LogP contribution is -2.30. The van der Waals surface area contributed by atoms with E-state index < -0.39 is 18.2 Å². The molecule has 0 aliphatic carbocycles. The molecule has 10 heteroatoms. The molecule has 2 N–H and O–H groups in total. The molecule has 0 aliphatic rings. The fraction of sp³-hybridized carbons (Fsp3) is 0.350. The number of hydrogen-bond donors (Lipinski definition) is 2. The molecule has 8 nitrogen and oxygen atoms in total. The van der Waals surface area contributed by atoms with Crippen LogP contribution in [-0.2, 0) is 9.47 Å². The normalized spacial score (nSPS) is 11.6. The molecule has 0 spiro atoms. The van der Waals surface area contributed by atoms with Crippen LogP contribution in [0.2, 0.25) is 10.0 Å². The summed E-state index contributed by atoms with van der Waals surface area (Å²) in [6.07, 6.45) is -0.410. The Morgan fingerprint density at radius 3 is 2.27 bits per heavy atom. The minimum atomic E-state index is -0.736. The number of amides is 1. The molecule has 1 atom stereocenters. The molecule has 30 heavy (non-hydrogen) atoms. The minimum Gasteiger partial charge on any atom is -0.465 e. The van der Waals surface area contributed by atoms with Crippen LogP contribution in [0.4, 0.5) is 0 Å². The van der Waals surface area contributed by atoms with Gasteiger partial charge in [0, 0.05) is 12.2 Å². The first kappa shape index (κ1) is 23.7. The molecule has 0 saturated carbocycles. The fourth-order valence-electron chi connectivity index (χ4n) is 2.49. The molecule has 1 unspecified atom stereocenters. The first-order chi connectivity index (χ1) is 14.3. The number of ether oxygens (including phenoxy) is 3. The van der Waals surface area contributed by atoms with Crippen LogP contribution in [-0.4, -0.2) is 48.7 Å². The number of hydrogen-bond acceptors (Lipinski definition) is 6. The maximum Gasteiger partial charge on any atom is 0.356 e. The fourth-order valence-corrected chi connectivity index (χ4v) is 2.93. The number of rotatable bonds is 10. The molecule has 0 radical (unpaired) electrons. The second-order valence-electron chi connectivity index (χ2n) is 5.99. The summed E-state index contributed by atoms with van der Waals surface area (Å²) in [5, 5.41) is 2.20. The van der Waals surface area contributed by atoms with Crippen molar-refractivity contribution in [2.24, 2.45) is 0 Å². The third-order valence-electron chi connectivity index (χ3n) is 3.88. The van der Waals surface area contributed by atoms with Crippen LogP contribution in [0.1, 0.15) is 52.1 Å². The van der Waals surface area contributed by atoms with E-state index >= 15 is 0 Å². The highest BCUT2D eigenvalue weighted by Gasteiger charge is 2.24. The van der Waals surface area contributed by atoms with Crippen molar-refractivity contribution in [2.45, 2.75) is 27.1 Å². The van der Waals surface area contributed by atoms with Gasteiger partial charge in [-0.05, 0) is 45.0 Å². The number of halogens is 2. The Balaban J connectivity index is 1.98. The van der Waals surface area contributed by atoms with Gasteiger partial charge in [-0.2, -0.15) is 0 Å². The highest BCUT2D eigenvalue weighted by atomic mass is 35.5. The largest absolute Gasteiger partial charge is 0.465 e. The number of carbonyl (C=O) groups excluding carboxylic acids is 3. The molecule has 1 aromatic heterocycles. The maximum atomic E-state index is 12.4. The van der Waals surface area contributed by atoms with Gasteiger partial charge in [0.05, 0.1) is 23.2 Å². The van der Waals surface area contributed by atoms with E-state index in [9.17, 15) is 14.4 Å². The van der Waals surface area contributed by atoms with Crippen molar-refractivity contribution in [3.05, 3.63) is 51.3 Å². The highest BCUT2D eigenvalue weighted by molar-refractivity contribution is 6.45. The second kappa shape index (κ2) is 11.0. The van der Waals surface area contributed by atoms with Gasteiger partial charge in [0.25, 0.3) is 5.91 Å². The third kappa shape index (κ3) is 5.98. The summed E-state index contributed by atoms with van der Waals surface area (Å²) in [5.41, 5.74) is 0.123. The van der Waals surface area contributed by atoms with Crippen LogP contribution >= 0.6 is 23.2 Å². The van der Waals surface area contributed by atoms with E-state index in [2.05, 4.69) is 10.3 Å². The van der Waals surface area contributed by atoms with Gasteiger partial charge >= 0.3 is 5.97 Å². The van der Waals surface area contributed by atoms with Crippen LogP contribution in [0.5, 0.6) is 5.75 Å². The number of aromatic amines is 1. The summed E-state index contributed by atoms with van der Waals surface area (Å²) in [6, 6.07) is 6.44. The van der Waals surface area contributed by atoms with E-state index in [1.807, 2.05) is 6.92 Å². The van der Waals surface area contributed by atoms with Gasteiger partial charge in [0.2, 0.25) is 0 Å². The summed E-state index contributed by atoms with van der Waals surface area (Å²) >= 11 is 12.0. The Morgan fingerprint density at radius 2 is 1.67 bits per heavy atom. The zero-order valence-electron chi connectivity index (χ0n) is 16.7. The van der Waals surface area contributed by atoms with Crippen LogP contribution in [0.3, 0.4) is 0 Å². The van der Waals surface area contributed by atoms with Crippen molar-refractivity contribution in [3.8, 4) is 5.75 Å². The predicted molar refractivity (Wildman–Crippen MR) is 112 cm³/mol. The van der Waals surface area contributed by atoms with Crippen LogP contribution in [0, 0.1) is 0 Å². The average Bonchev–Trinajstić information content (AvgIpc) is 3.02. The van der Waals surface area contributed by atoms with Crippen molar-refractivity contribution < 1.29 is 28.6 Å². The molecule has 1 amide bonds. The van der Waals surface area contributed by atoms with E-state index in [-0.39, 0.29) is 40.4 Å². The Kier molecular flexibility index (Phi) is 8.71. The summed E-state index contributed by atoms with van der Waals surface area (Å²) in [7, 11) is 0. The molecular weight excluding hydrogens is 435 g/mol. The number of Topliss-reactive ketones (excluding diaryl/α,β-unsaturated/α-hetero) is 1. The lowest BCUT2D eigenvalue weighted by atomic mass is 10.1. The van der Waals surface area contributed by atoms with E-state index in [0.29, 0.717) is 17.9 Å². The Morgan fingerprint density at radius 1 is 1.03 bits per heavy atom. The molecule has 1 aromatic carbocycles. The van der Waals surface area contributed by atoms with Crippen molar-refractivity contribution in [1.82, 2.24) is 10.3 Å². The third-order valence-corrected chi connectivity index (χ3v) is 4.73. The number of ketones is 1. The van der Waals surface area contributed by atoms with Crippen LogP contribution < -0.4 is 10.1 Å². The molecule has 0 fully saturated rings. The number of aromatic nitrogens is 1. The SMILES string of the molecule is CCOC(=O)c1[nH]c(C(=O)NCC(=O)c2ccc(OC(C)OCC)cc2)c(Cl)c1Cl. The minimum absolute atomic E-state index is 0.122. The van der Waals surface area contributed by atoms with Crippen molar-refractivity contribution in [2.75, 3.05) is 19.8 Å². The zero-order valence-corrected chi connectivity index (χ0v) is 18.2. The predicted octanol–water partition coefficient (Wildman–Crippen LogP) is 3.87. The van der Waals surface area contributed by atoms with Crippen molar-refractivity contribution in [3.63, 3.8) is 0 Å². The summed E-state index contributed by atoms with van der Waals surface area (Å²) in [5.74, 6) is -1.19. The molecule has 2 rings (SSSR count). The monoisotopic (exact) mass is 456 g/mol. The topological polar surface area (TPSA) is 107 Å². The Hall–Kier alpha value is -2.55.